The van der Waals surface area contributed by atoms with E-state index in [1.807, 2.05) is 37.3 Å². The maximum Gasteiger partial charge on any atom is 0.221 e. The van der Waals surface area contributed by atoms with E-state index in [0.717, 1.165) is 23.4 Å². The van der Waals surface area contributed by atoms with E-state index in [-0.39, 0.29) is 42.0 Å². The Morgan fingerprint density at radius 1 is 1.06 bits per heavy atom. The Morgan fingerprint density at radius 3 is 2.55 bits per heavy atom. The number of benzene rings is 2. The summed E-state index contributed by atoms with van der Waals surface area (Å²) in [4.78, 5) is 23.9. The van der Waals surface area contributed by atoms with Gasteiger partial charge >= 0.3 is 0 Å². The molecule has 0 aliphatic carbocycles. The Morgan fingerprint density at radius 2 is 1.81 bits per heavy atom. The molecular formula is C23H20F2N4O2. The van der Waals surface area contributed by atoms with E-state index in [0.29, 0.717) is 5.82 Å². The monoisotopic (exact) mass is 422 g/mol. The van der Waals surface area contributed by atoms with Crippen LogP contribution in [0.3, 0.4) is 0 Å². The van der Waals surface area contributed by atoms with Crippen molar-refractivity contribution in [3.63, 3.8) is 0 Å². The molecule has 4 rings (SSSR count). The molecule has 0 radical (unpaired) electrons. The molecule has 0 fully saturated rings. The van der Waals surface area contributed by atoms with Crippen LogP contribution in [0.15, 0.2) is 65.3 Å². The molecule has 2 heterocycles. The molecule has 0 unspecified atom stereocenters. The number of nitrogens with one attached hydrogen (secondary N) is 2. The number of aryl methyl sites for hydroxylation is 1. The SMILES string of the molecule is C[C@@H](NC(=O)CCc1ncc(-c2c(F)cccc2F)o1)c1ncc(-c2ccccc2)[nH]1. The molecule has 8 heteroatoms. The van der Waals surface area contributed by atoms with E-state index in [1.165, 1.54) is 12.3 Å². The van der Waals surface area contributed by atoms with Crippen molar-refractivity contribution < 1.29 is 18.0 Å². The second-order valence-corrected chi connectivity index (χ2v) is 7.05. The van der Waals surface area contributed by atoms with Crippen molar-refractivity contribution in [1.82, 2.24) is 20.3 Å². The smallest absolute Gasteiger partial charge is 0.221 e. The Balaban J connectivity index is 1.34. The Labute approximate surface area is 177 Å². The molecule has 2 N–H and O–H groups in total. The van der Waals surface area contributed by atoms with Gasteiger partial charge in [0, 0.05) is 12.8 Å². The van der Waals surface area contributed by atoms with Gasteiger partial charge in [0.05, 0.1) is 29.7 Å². The number of aromatic nitrogens is 3. The van der Waals surface area contributed by atoms with Crippen molar-refractivity contribution in [3.05, 3.63) is 84.3 Å². The maximum absolute atomic E-state index is 13.9. The summed E-state index contributed by atoms with van der Waals surface area (Å²) in [6.07, 6.45) is 3.28. The van der Waals surface area contributed by atoms with E-state index in [2.05, 4.69) is 20.3 Å². The van der Waals surface area contributed by atoms with Gasteiger partial charge in [0.2, 0.25) is 5.91 Å². The Hall–Kier alpha value is -3.81. The number of carbonyl (C=O) groups is 1. The molecule has 0 bridgehead atoms. The molecule has 1 atom stereocenters. The van der Waals surface area contributed by atoms with Gasteiger partial charge in [-0.2, -0.15) is 0 Å². The van der Waals surface area contributed by atoms with Gasteiger partial charge in [0.15, 0.2) is 11.7 Å². The number of rotatable bonds is 7. The second-order valence-electron chi connectivity index (χ2n) is 7.05. The predicted molar refractivity (Wildman–Crippen MR) is 111 cm³/mol. The first kappa shape index (κ1) is 20.5. The summed E-state index contributed by atoms with van der Waals surface area (Å²) < 4.78 is 33.2. The Kier molecular flexibility index (Phi) is 5.88. The summed E-state index contributed by atoms with van der Waals surface area (Å²) >= 11 is 0. The fraction of sp³-hybridized carbons (Fsp3) is 0.174. The number of oxazole rings is 1. The lowest BCUT2D eigenvalue weighted by atomic mass is 10.1. The minimum atomic E-state index is -0.734. The molecule has 31 heavy (non-hydrogen) atoms. The first-order valence-corrected chi connectivity index (χ1v) is 9.80. The van der Waals surface area contributed by atoms with Crippen LogP contribution >= 0.6 is 0 Å². The molecular weight excluding hydrogens is 402 g/mol. The first-order chi connectivity index (χ1) is 15.0. The third-order valence-electron chi connectivity index (χ3n) is 4.80. The van der Waals surface area contributed by atoms with E-state index in [1.54, 1.807) is 6.20 Å². The Bertz CT molecular complexity index is 1170. The maximum atomic E-state index is 13.9. The molecule has 0 saturated heterocycles. The summed E-state index contributed by atoms with van der Waals surface area (Å²) in [6, 6.07) is 13.0. The summed E-state index contributed by atoms with van der Waals surface area (Å²) in [7, 11) is 0. The topological polar surface area (TPSA) is 83.8 Å². The van der Waals surface area contributed by atoms with Crippen LogP contribution in [0.25, 0.3) is 22.6 Å². The van der Waals surface area contributed by atoms with Crippen LogP contribution in [0.5, 0.6) is 0 Å². The van der Waals surface area contributed by atoms with Crippen LogP contribution < -0.4 is 5.32 Å². The fourth-order valence-electron chi connectivity index (χ4n) is 3.20. The van der Waals surface area contributed by atoms with Crippen LogP contribution in [0.1, 0.15) is 31.1 Å². The van der Waals surface area contributed by atoms with Gasteiger partial charge in [0.1, 0.15) is 17.5 Å². The minimum Gasteiger partial charge on any atom is -0.441 e. The lowest BCUT2D eigenvalue weighted by Crippen LogP contribution is -2.27. The predicted octanol–water partition coefficient (Wildman–Crippen LogP) is 4.82. The van der Waals surface area contributed by atoms with Crippen molar-refractivity contribution in [1.29, 1.82) is 0 Å². The highest BCUT2D eigenvalue weighted by atomic mass is 19.1. The molecule has 2 aromatic heterocycles. The van der Waals surface area contributed by atoms with E-state index in [4.69, 9.17) is 4.42 Å². The van der Waals surface area contributed by atoms with E-state index < -0.39 is 11.6 Å². The number of carbonyl (C=O) groups excluding carboxylic acids is 1. The summed E-state index contributed by atoms with van der Waals surface area (Å²) in [5.74, 6) is -0.832. The van der Waals surface area contributed by atoms with Crippen LogP contribution in [-0.2, 0) is 11.2 Å². The lowest BCUT2D eigenvalue weighted by molar-refractivity contribution is -0.121. The van der Waals surface area contributed by atoms with Gasteiger partial charge in [-0.25, -0.2) is 18.7 Å². The van der Waals surface area contributed by atoms with E-state index in [9.17, 15) is 13.6 Å². The summed E-state index contributed by atoms with van der Waals surface area (Å²) in [5, 5.41) is 2.87. The molecule has 0 spiro atoms. The molecule has 0 saturated carbocycles. The lowest BCUT2D eigenvalue weighted by Gasteiger charge is -2.11. The fourth-order valence-corrected chi connectivity index (χ4v) is 3.20. The van der Waals surface area contributed by atoms with Crippen LogP contribution in [-0.4, -0.2) is 20.9 Å². The molecule has 1 amide bonds. The third-order valence-corrected chi connectivity index (χ3v) is 4.80. The average Bonchev–Trinajstić information content (AvgIpc) is 3.43. The number of aromatic amines is 1. The van der Waals surface area contributed by atoms with Gasteiger partial charge in [0.25, 0.3) is 0 Å². The quantitative estimate of drug-likeness (QED) is 0.447. The number of hydrogen-bond donors (Lipinski definition) is 2. The average molecular weight is 422 g/mol. The highest BCUT2D eigenvalue weighted by Gasteiger charge is 2.17. The van der Waals surface area contributed by atoms with Crippen LogP contribution in [0.4, 0.5) is 8.78 Å². The van der Waals surface area contributed by atoms with Gasteiger partial charge < -0.3 is 14.7 Å². The van der Waals surface area contributed by atoms with Crippen LogP contribution in [0.2, 0.25) is 0 Å². The standard InChI is InChI=1S/C23H20F2N4O2/c1-14(23-27-12-18(29-23)15-6-3-2-4-7-15)28-20(30)10-11-21-26-13-19(31-21)22-16(24)8-5-9-17(22)25/h2-9,12-14H,10-11H2,1H3,(H,27,29)(H,28,30)/t14-/m1/s1. The van der Waals surface area contributed by atoms with Gasteiger partial charge in [-0.05, 0) is 24.6 Å². The minimum absolute atomic E-state index is 0.0107. The second kappa shape index (κ2) is 8.91. The van der Waals surface area contributed by atoms with Crippen molar-refractivity contribution in [2.75, 3.05) is 0 Å². The van der Waals surface area contributed by atoms with Crippen LogP contribution in [0, 0.1) is 11.6 Å². The molecule has 2 aromatic carbocycles. The highest BCUT2D eigenvalue weighted by Crippen LogP contribution is 2.27. The third kappa shape index (κ3) is 4.69. The van der Waals surface area contributed by atoms with E-state index >= 15 is 0 Å². The zero-order valence-electron chi connectivity index (χ0n) is 16.7. The number of amides is 1. The number of halogens is 2. The van der Waals surface area contributed by atoms with Crippen molar-refractivity contribution in [3.8, 4) is 22.6 Å². The molecule has 158 valence electrons. The molecule has 4 aromatic rings. The highest BCUT2D eigenvalue weighted by molar-refractivity contribution is 5.76. The largest absolute Gasteiger partial charge is 0.441 e. The number of nitrogens with zero attached hydrogens (tertiary/aromatic N) is 2. The molecule has 0 aliphatic heterocycles. The van der Waals surface area contributed by atoms with Crippen molar-refractivity contribution in [2.45, 2.75) is 25.8 Å². The molecule has 0 aliphatic rings. The zero-order chi connectivity index (χ0) is 21.8. The number of hydrogen-bond acceptors (Lipinski definition) is 4. The normalized spacial score (nSPS) is 12.0. The van der Waals surface area contributed by atoms with Gasteiger partial charge in [-0.15, -0.1) is 0 Å². The van der Waals surface area contributed by atoms with Crippen molar-refractivity contribution in [2.24, 2.45) is 0 Å². The van der Waals surface area contributed by atoms with Gasteiger partial charge in [-0.1, -0.05) is 36.4 Å². The number of H-pyrrole nitrogens is 1. The number of imidazole rings is 1. The summed E-state index contributed by atoms with van der Waals surface area (Å²) in [6.45, 7) is 1.83. The molecule has 6 nitrogen and oxygen atoms in total. The summed E-state index contributed by atoms with van der Waals surface area (Å²) in [5.41, 5.74) is 1.60. The van der Waals surface area contributed by atoms with Gasteiger partial charge in [-0.3, -0.25) is 4.79 Å². The first-order valence-electron chi connectivity index (χ1n) is 9.80. The van der Waals surface area contributed by atoms with Crippen molar-refractivity contribution >= 4 is 5.91 Å². The zero-order valence-corrected chi connectivity index (χ0v) is 16.7.